The van der Waals surface area contributed by atoms with Gasteiger partial charge in [0.2, 0.25) is 0 Å². The van der Waals surface area contributed by atoms with Gasteiger partial charge in [0.25, 0.3) is 0 Å². The zero-order valence-electron chi connectivity index (χ0n) is 10.2. The summed E-state index contributed by atoms with van der Waals surface area (Å²) >= 11 is 1.67. The molecule has 96 valence electrons. The number of aliphatic hydroxyl groups is 2. The summed E-state index contributed by atoms with van der Waals surface area (Å²) in [7, 11) is 0. The molecule has 0 aliphatic rings. The van der Waals surface area contributed by atoms with Crippen molar-refractivity contribution in [3.05, 3.63) is 58.3 Å². The van der Waals surface area contributed by atoms with Crippen LogP contribution >= 0.6 is 11.3 Å². The van der Waals surface area contributed by atoms with Crippen molar-refractivity contribution in [1.29, 1.82) is 0 Å². The molecule has 0 bridgehead atoms. The standard InChI is InChI=1S/C15H18O2S/c16-11-15(12-17,10-14-7-4-8-18-14)9-13-5-2-1-3-6-13/h1-8,16-17H,9-12H2. The average Bonchev–Trinajstić information content (AvgIpc) is 2.92. The van der Waals surface area contributed by atoms with Crippen LogP contribution in [0.3, 0.4) is 0 Å². The topological polar surface area (TPSA) is 40.5 Å². The van der Waals surface area contributed by atoms with E-state index < -0.39 is 5.41 Å². The molecule has 3 heteroatoms. The van der Waals surface area contributed by atoms with Crippen molar-refractivity contribution in [2.24, 2.45) is 5.41 Å². The summed E-state index contributed by atoms with van der Waals surface area (Å²) in [6, 6.07) is 14.1. The summed E-state index contributed by atoms with van der Waals surface area (Å²) in [5, 5.41) is 21.4. The lowest BCUT2D eigenvalue weighted by atomic mass is 9.79. The SMILES string of the molecule is OCC(CO)(Cc1ccccc1)Cc1cccs1. The molecule has 0 amide bonds. The predicted octanol–water partition coefficient (Wildman–Crippen LogP) is 2.50. The van der Waals surface area contributed by atoms with Gasteiger partial charge in [-0.15, -0.1) is 11.3 Å². The molecule has 0 atom stereocenters. The van der Waals surface area contributed by atoms with Crippen LogP contribution in [-0.4, -0.2) is 23.4 Å². The molecule has 0 unspecified atom stereocenters. The van der Waals surface area contributed by atoms with E-state index >= 15 is 0 Å². The predicted molar refractivity (Wildman–Crippen MR) is 74.8 cm³/mol. The monoisotopic (exact) mass is 262 g/mol. The molecular weight excluding hydrogens is 244 g/mol. The maximum Gasteiger partial charge on any atom is 0.0516 e. The molecule has 0 spiro atoms. The van der Waals surface area contributed by atoms with Gasteiger partial charge in [-0.2, -0.15) is 0 Å². The normalized spacial score (nSPS) is 11.7. The van der Waals surface area contributed by atoms with Gasteiger partial charge in [-0.25, -0.2) is 0 Å². The number of aliphatic hydroxyl groups excluding tert-OH is 2. The zero-order valence-corrected chi connectivity index (χ0v) is 11.1. The Morgan fingerprint density at radius 2 is 1.61 bits per heavy atom. The van der Waals surface area contributed by atoms with E-state index in [2.05, 4.69) is 6.07 Å². The van der Waals surface area contributed by atoms with E-state index in [1.165, 1.54) is 4.88 Å². The van der Waals surface area contributed by atoms with Gasteiger partial charge in [0.05, 0.1) is 13.2 Å². The molecule has 1 heterocycles. The van der Waals surface area contributed by atoms with Gasteiger partial charge < -0.3 is 10.2 Å². The second-order valence-corrected chi connectivity index (χ2v) is 5.77. The third-order valence-electron chi connectivity index (χ3n) is 3.22. The van der Waals surface area contributed by atoms with Gasteiger partial charge in [-0.1, -0.05) is 36.4 Å². The Kier molecular flexibility index (Phi) is 4.53. The van der Waals surface area contributed by atoms with Crippen LogP contribution < -0.4 is 0 Å². The highest BCUT2D eigenvalue weighted by molar-refractivity contribution is 7.09. The first-order valence-corrected chi connectivity index (χ1v) is 6.94. The molecule has 0 aliphatic heterocycles. The number of benzene rings is 1. The van der Waals surface area contributed by atoms with Crippen LogP contribution in [-0.2, 0) is 12.8 Å². The Hall–Kier alpha value is -1.16. The molecule has 1 aromatic carbocycles. The van der Waals surface area contributed by atoms with Crippen molar-refractivity contribution in [3.8, 4) is 0 Å². The first-order valence-electron chi connectivity index (χ1n) is 6.06. The van der Waals surface area contributed by atoms with Gasteiger partial charge in [-0.3, -0.25) is 0 Å². The van der Waals surface area contributed by atoms with Crippen LogP contribution in [0.25, 0.3) is 0 Å². The number of rotatable bonds is 6. The van der Waals surface area contributed by atoms with E-state index in [0.717, 1.165) is 5.56 Å². The fourth-order valence-electron chi connectivity index (χ4n) is 2.15. The van der Waals surface area contributed by atoms with Crippen molar-refractivity contribution < 1.29 is 10.2 Å². The van der Waals surface area contributed by atoms with Crippen molar-refractivity contribution in [3.63, 3.8) is 0 Å². The molecule has 0 saturated heterocycles. The summed E-state index contributed by atoms with van der Waals surface area (Å²) in [6.07, 6.45) is 1.41. The second kappa shape index (κ2) is 6.14. The van der Waals surface area contributed by atoms with Crippen molar-refractivity contribution >= 4 is 11.3 Å². The second-order valence-electron chi connectivity index (χ2n) is 4.73. The van der Waals surface area contributed by atoms with E-state index in [-0.39, 0.29) is 13.2 Å². The molecule has 18 heavy (non-hydrogen) atoms. The minimum absolute atomic E-state index is 0.00368. The highest BCUT2D eigenvalue weighted by Crippen LogP contribution is 2.29. The fourth-order valence-corrected chi connectivity index (χ4v) is 3.03. The molecular formula is C15H18O2S. The average molecular weight is 262 g/mol. The third kappa shape index (κ3) is 3.19. The lowest BCUT2D eigenvalue weighted by Gasteiger charge is -2.29. The van der Waals surface area contributed by atoms with Crippen LogP contribution in [0, 0.1) is 5.41 Å². The highest BCUT2D eigenvalue weighted by Gasteiger charge is 2.29. The molecule has 2 rings (SSSR count). The molecule has 1 aromatic heterocycles. The quantitative estimate of drug-likeness (QED) is 0.839. The Morgan fingerprint density at radius 1 is 0.889 bits per heavy atom. The Balaban J connectivity index is 2.16. The smallest absolute Gasteiger partial charge is 0.0516 e. The largest absolute Gasteiger partial charge is 0.396 e. The van der Waals surface area contributed by atoms with E-state index in [1.807, 2.05) is 41.8 Å². The van der Waals surface area contributed by atoms with Gasteiger partial charge in [0.1, 0.15) is 0 Å². The lowest BCUT2D eigenvalue weighted by molar-refractivity contribution is 0.0554. The van der Waals surface area contributed by atoms with Crippen molar-refractivity contribution in [2.75, 3.05) is 13.2 Å². The molecule has 2 N–H and O–H groups in total. The maximum absolute atomic E-state index is 9.68. The molecule has 2 aromatic rings. The van der Waals surface area contributed by atoms with Gasteiger partial charge in [0.15, 0.2) is 0 Å². The molecule has 0 saturated carbocycles. The van der Waals surface area contributed by atoms with E-state index in [9.17, 15) is 10.2 Å². The van der Waals surface area contributed by atoms with Crippen LogP contribution in [0.1, 0.15) is 10.4 Å². The summed E-state index contributed by atoms with van der Waals surface area (Å²) in [4.78, 5) is 1.20. The van der Waals surface area contributed by atoms with Crippen LogP contribution in [0.2, 0.25) is 0 Å². The molecule has 0 aliphatic carbocycles. The number of thiophene rings is 1. The zero-order chi connectivity index (χ0) is 12.8. The minimum Gasteiger partial charge on any atom is -0.396 e. The molecule has 0 fully saturated rings. The van der Waals surface area contributed by atoms with Crippen LogP contribution in [0.4, 0.5) is 0 Å². The first-order chi connectivity index (χ1) is 8.78. The van der Waals surface area contributed by atoms with Crippen LogP contribution in [0.15, 0.2) is 47.8 Å². The third-order valence-corrected chi connectivity index (χ3v) is 4.10. The summed E-state index contributed by atoms with van der Waals surface area (Å²) < 4.78 is 0. The Bertz CT molecular complexity index is 447. The summed E-state index contributed by atoms with van der Waals surface area (Å²) in [6.45, 7) is -0.00735. The maximum atomic E-state index is 9.68. The number of hydrogen-bond donors (Lipinski definition) is 2. The van der Waals surface area contributed by atoms with Crippen LogP contribution in [0.5, 0.6) is 0 Å². The van der Waals surface area contributed by atoms with Gasteiger partial charge in [0, 0.05) is 10.3 Å². The van der Waals surface area contributed by atoms with E-state index in [0.29, 0.717) is 12.8 Å². The first kappa shape index (κ1) is 13.3. The van der Waals surface area contributed by atoms with Gasteiger partial charge in [-0.05, 0) is 29.9 Å². The summed E-state index contributed by atoms with van der Waals surface area (Å²) in [5.74, 6) is 0. The Labute approximate surface area is 112 Å². The summed E-state index contributed by atoms with van der Waals surface area (Å²) in [5.41, 5.74) is 0.684. The minimum atomic E-state index is -0.466. The van der Waals surface area contributed by atoms with E-state index in [4.69, 9.17) is 0 Å². The Morgan fingerprint density at radius 3 is 2.17 bits per heavy atom. The van der Waals surface area contributed by atoms with E-state index in [1.54, 1.807) is 11.3 Å². The highest BCUT2D eigenvalue weighted by atomic mass is 32.1. The fraction of sp³-hybridized carbons (Fsp3) is 0.333. The molecule has 0 radical (unpaired) electrons. The molecule has 2 nitrogen and oxygen atoms in total. The van der Waals surface area contributed by atoms with Gasteiger partial charge >= 0.3 is 0 Å². The lowest BCUT2D eigenvalue weighted by Crippen LogP contribution is -2.34. The number of hydrogen-bond acceptors (Lipinski definition) is 3. The van der Waals surface area contributed by atoms with Crippen molar-refractivity contribution in [2.45, 2.75) is 12.8 Å². The van der Waals surface area contributed by atoms with Crippen molar-refractivity contribution in [1.82, 2.24) is 0 Å².